The van der Waals surface area contributed by atoms with Crippen LogP contribution in [-0.2, 0) is 0 Å². The number of benzene rings is 2. The fourth-order valence-corrected chi connectivity index (χ4v) is 2.74. The summed E-state index contributed by atoms with van der Waals surface area (Å²) in [6, 6.07) is 16.9. The molecule has 2 rings (SSSR count). The van der Waals surface area contributed by atoms with Crippen LogP contribution in [0.3, 0.4) is 0 Å². The van der Waals surface area contributed by atoms with Crippen LogP contribution in [0.4, 0.5) is 0 Å². The molecule has 0 fully saturated rings. The van der Waals surface area contributed by atoms with Crippen molar-refractivity contribution in [2.75, 3.05) is 0 Å². The normalized spacial score (nSPS) is 10.4. The van der Waals surface area contributed by atoms with Gasteiger partial charge in [0.15, 0.2) is 0 Å². The standard InChI is InChI=1S/C19H20S2/c1-14-6-10-16(11-7-14)18(20)4-3-5-19(21)17-12-8-15(2)9-13-17/h6-13H,3-5H2,1-2H3. The van der Waals surface area contributed by atoms with E-state index in [2.05, 4.69) is 62.4 Å². The average Bonchev–Trinajstić information content (AvgIpc) is 2.48. The third-order valence-electron chi connectivity index (χ3n) is 3.55. The SMILES string of the molecule is Cc1ccc(C(=S)CCCC(=S)c2ccc(C)cc2)cc1. The molecule has 0 N–H and O–H groups in total. The van der Waals surface area contributed by atoms with Crippen LogP contribution in [0, 0.1) is 13.8 Å². The van der Waals surface area contributed by atoms with Crippen molar-refractivity contribution in [1.29, 1.82) is 0 Å². The summed E-state index contributed by atoms with van der Waals surface area (Å²) in [5, 5.41) is 0. The molecule has 0 unspecified atom stereocenters. The molecule has 0 aromatic heterocycles. The smallest absolute Gasteiger partial charge is 0.0224 e. The number of thiocarbonyl (C=S) groups is 2. The maximum Gasteiger partial charge on any atom is 0.0224 e. The van der Waals surface area contributed by atoms with Gasteiger partial charge in [-0.15, -0.1) is 0 Å². The summed E-state index contributed by atoms with van der Waals surface area (Å²) in [6.07, 6.45) is 2.86. The quantitative estimate of drug-likeness (QED) is 0.502. The zero-order valence-electron chi connectivity index (χ0n) is 12.6. The third kappa shape index (κ3) is 4.83. The van der Waals surface area contributed by atoms with Crippen molar-refractivity contribution in [3.05, 3.63) is 70.8 Å². The average molecular weight is 313 g/mol. The Labute approximate surface area is 138 Å². The molecule has 0 amide bonds. The molecule has 108 valence electrons. The molecule has 0 atom stereocenters. The summed E-state index contributed by atoms with van der Waals surface area (Å²) in [5.41, 5.74) is 4.86. The third-order valence-corrected chi connectivity index (χ3v) is 4.43. The molecule has 2 aromatic rings. The van der Waals surface area contributed by atoms with Crippen LogP contribution < -0.4 is 0 Å². The van der Waals surface area contributed by atoms with E-state index >= 15 is 0 Å². The van der Waals surface area contributed by atoms with Gasteiger partial charge in [-0.05, 0) is 44.2 Å². The van der Waals surface area contributed by atoms with Gasteiger partial charge >= 0.3 is 0 Å². The van der Waals surface area contributed by atoms with Crippen molar-refractivity contribution in [3.8, 4) is 0 Å². The van der Waals surface area contributed by atoms with E-state index in [0.29, 0.717) is 0 Å². The molecule has 0 nitrogen and oxygen atoms in total. The Kier molecular flexibility index (Phi) is 5.77. The van der Waals surface area contributed by atoms with Crippen LogP contribution in [0.5, 0.6) is 0 Å². The fraction of sp³-hybridized carbons (Fsp3) is 0.263. The lowest BCUT2D eigenvalue weighted by Gasteiger charge is -2.07. The molecule has 0 saturated carbocycles. The topological polar surface area (TPSA) is 0 Å². The Morgan fingerprint density at radius 1 is 0.667 bits per heavy atom. The van der Waals surface area contributed by atoms with Crippen LogP contribution >= 0.6 is 24.4 Å². The minimum Gasteiger partial charge on any atom is -0.0843 e. The van der Waals surface area contributed by atoms with Crippen molar-refractivity contribution in [1.82, 2.24) is 0 Å². The van der Waals surface area contributed by atoms with Crippen molar-refractivity contribution >= 4 is 34.2 Å². The van der Waals surface area contributed by atoms with E-state index in [0.717, 1.165) is 40.1 Å². The lowest BCUT2D eigenvalue weighted by atomic mass is 10.0. The first kappa shape index (κ1) is 16.0. The highest BCUT2D eigenvalue weighted by atomic mass is 32.1. The maximum absolute atomic E-state index is 5.51. The van der Waals surface area contributed by atoms with Crippen LogP contribution in [-0.4, -0.2) is 9.73 Å². The van der Waals surface area contributed by atoms with E-state index in [1.165, 1.54) is 11.1 Å². The van der Waals surface area contributed by atoms with Gasteiger partial charge in [-0.1, -0.05) is 84.1 Å². The van der Waals surface area contributed by atoms with Gasteiger partial charge in [0, 0.05) is 9.73 Å². The Hall–Kier alpha value is -1.38. The summed E-state index contributed by atoms with van der Waals surface area (Å²) in [7, 11) is 0. The summed E-state index contributed by atoms with van der Waals surface area (Å²) < 4.78 is 0. The molecule has 0 spiro atoms. The highest BCUT2D eigenvalue weighted by Gasteiger charge is 2.04. The molecular weight excluding hydrogens is 292 g/mol. The van der Waals surface area contributed by atoms with E-state index in [1.807, 2.05) is 0 Å². The van der Waals surface area contributed by atoms with Gasteiger partial charge in [-0.3, -0.25) is 0 Å². The number of rotatable bonds is 6. The molecule has 0 bridgehead atoms. The lowest BCUT2D eigenvalue weighted by molar-refractivity contribution is 0.938. The molecule has 0 radical (unpaired) electrons. The molecule has 0 aliphatic heterocycles. The molecular formula is C19H20S2. The Morgan fingerprint density at radius 2 is 1.00 bits per heavy atom. The zero-order chi connectivity index (χ0) is 15.2. The minimum atomic E-state index is 0.921. The van der Waals surface area contributed by atoms with Crippen molar-refractivity contribution in [2.45, 2.75) is 33.1 Å². The molecule has 2 aromatic carbocycles. The number of aryl methyl sites for hydroxylation is 2. The van der Waals surface area contributed by atoms with Crippen LogP contribution in [0.2, 0.25) is 0 Å². The first-order valence-corrected chi connectivity index (χ1v) is 8.07. The van der Waals surface area contributed by atoms with Gasteiger partial charge < -0.3 is 0 Å². The number of hydrogen-bond acceptors (Lipinski definition) is 2. The first-order valence-electron chi connectivity index (χ1n) is 7.26. The lowest BCUT2D eigenvalue weighted by Crippen LogP contribution is -2.01. The number of hydrogen-bond donors (Lipinski definition) is 0. The summed E-state index contributed by atoms with van der Waals surface area (Å²) in [4.78, 5) is 2.06. The molecule has 0 heterocycles. The van der Waals surface area contributed by atoms with Crippen molar-refractivity contribution in [3.63, 3.8) is 0 Å². The van der Waals surface area contributed by atoms with Crippen LogP contribution in [0.15, 0.2) is 48.5 Å². The van der Waals surface area contributed by atoms with Gasteiger partial charge in [0.2, 0.25) is 0 Å². The largest absolute Gasteiger partial charge is 0.0843 e. The molecule has 2 heteroatoms. The Bertz CT molecular complexity index is 564. The van der Waals surface area contributed by atoms with Crippen LogP contribution in [0.1, 0.15) is 41.5 Å². The summed E-state index contributed by atoms with van der Waals surface area (Å²) >= 11 is 11.0. The first-order chi connectivity index (χ1) is 10.1. The fourth-order valence-electron chi connectivity index (χ4n) is 2.18. The van der Waals surface area contributed by atoms with E-state index in [9.17, 15) is 0 Å². The van der Waals surface area contributed by atoms with E-state index in [4.69, 9.17) is 24.4 Å². The molecule has 0 aliphatic carbocycles. The van der Waals surface area contributed by atoms with Crippen LogP contribution in [0.25, 0.3) is 0 Å². The molecule has 21 heavy (non-hydrogen) atoms. The second kappa shape index (κ2) is 7.58. The van der Waals surface area contributed by atoms with E-state index in [1.54, 1.807) is 0 Å². The zero-order valence-corrected chi connectivity index (χ0v) is 14.2. The summed E-state index contributed by atoms with van der Waals surface area (Å²) in [6.45, 7) is 4.18. The van der Waals surface area contributed by atoms with Crippen molar-refractivity contribution < 1.29 is 0 Å². The van der Waals surface area contributed by atoms with Crippen molar-refractivity contribution in [2.24, 2.45) is 0 Å². The highest BCUT2D eigenvalue weighted by molar-refractivity contribution is 7.81. The summed E-state index contributed by atoms with van der Waals surface area (Å²) in [5.74, 6) is 0. The second-order valence-corrected chi connectivity index (χ2v) is 6.42. The minimum absolute atomic E-state index is 0.921. The molecule has 0 saturated heterocycles. The van der Waals surface area contributed by atoms with Gasteiger partial charge in [-0.2, -0.15) is 0 Å². The molecule has 0 aliphatic rings. The highest BCUT2D eigenvalue weighted by Crippen LogP contribution is 2.13. The maximum atomic E-state index is 5.51. The van der Waals surface area contributed by atoms with Gasteiger partial charge in [0.05, 0.1) is 0 Å². The predicted octanol–water partition coefficient (Wildman–Crippen LogP) is 5.61. The monoisotopic (exact) mass is 312 g/mol. The van der Waals surface area contributed by atoms with E-state index < -0.39 is 0 Å². The second-order valence-electron chi connectivity index (χ2n) is 5.43. The van der Waals surface area contributed by atoms with Gasteiger partial charge in [0.1, 0.15) is 0 Å². The van der Waals surface area contributed by atoms with E-state index in [-0.39, 0.29) is 0 Å². The van der Waals surface area contributed by atoms with Gasteiger partial charge in [-0.25, -0.2) is 0 Å². The predicted molar refractivity (Wildman–Crippen MR) is 99.6 cm³/mol. The Balaban J connectivity index is 1.83. The Morgan fingerprint density at radius 3 is 1.33 bits per heavy atom. The van der Waals surface area contributed by atoms with Gasteiger partial charge in [0.25, 0.3) is 0 Å².